The molecule has 2 amide bonds. The summed E-state index contributed by atoms with van der Waals surface area (Å²) in [5.74, 6) is 1.41. The first-order chi connectivity index (χ1) is 18.3. The lowest BCUT2D eigenvalue weighted by atomic mass is 10.2. The second-order valence-electron chi connectivity index (χ2n) is 7.54. The topological polar surface area (TPSA) is 124 Å². The molecule has 2 N–H and O–H groups in total. The molecule has 1 heterocycles. The van der Waals surface area contributed by atoms with Gasteiger partial charge in [0, 0.05) is 14.0 Å². The molecule has 1 aromatic heterocycles. The Bertz CT molecular complexity index is 1450. The monoisotopic (exact) mass is 657 g/mol. The predicted octanol–water partition coefficient (Wildman–Crippen LogP) is 6.61. The zero-order valence-corrected chi connectivity index (χ0v) is 23.4. The Morgan fingerprint density at radius 3 is 2.21 bits per heavy atom. The van der Waals surface area contributed by atoms with E-state index in [0.29, 0.717) is 16.5 Å². The van der Waals surface area contributed by atoms with Crippen molar-refractivity contribution in [2.45, 2.75) is 6.29 Å². The van der Waals surface area contributed by atoms with Crippen LogP contribution in [0.5, 0.6) is 17.2 Å². The summed E-state index contributed by atoms with van der Waals surface area (Å²) < 4.78 is 20.0. The standard InChI is InChI=1S/C26H18Br2ClN5O4/c27-16-1-6-20(7-2-16)36-15-25(37-21-8-3-17(28)4-9-21)38-23-10-5-18(29)11-22(23)34(26(31)35)24-14-32-19(12-30)13-33-24/h1-11,13-14,25H,15H2,(H2,31,35). The van der Waals surface area contributed by atoms with Gasteiger partial charge in [-0.3, -0.25) is 0 Å². The van der Waals surface area contributed by atoms with E-state index in [-0.39, 0.29) is 29.6 Å². The van der Waals surface area contributed by atoms with Crippen molar-refractivity contribution < 1.29 is 19.0 Å². The van der Waals surface area contributed by atoms with Crippen LogP contribution in [0.4, 0.5) is 16.3 Å². The van der Waals surface area contributed by atoms with E-state index in [2.05, 4.69) is 41.8 Å². The molecule has 0 saturated heterocycles. The lowest BCUT2D eigenvalue weighted by molar-refractivity contribution is -0.0273. The Labute approximate surface area is 240 Å². The molecule has 9 nitrogen and oxygen atoms in total. The van der Waals surface area contributed by atoms with E-state index < -0.39 is 12.3 Å². The van der Waals surface area contributed by atoms with E-state index >= 15 is 0 Å². The summed E-state index contributed by atoms with van der Waals surface area (Å²) in [5.41, 5.74) is 5.97. The van der Waals surface area contributed by atoms with Gasteiger partial charge in [0.05, 0.1) is 18.1 Å². The van der Waals surface area contributed by atoms with Crippen LogP contribution in [-0.4, -0.2) is 28.9 Å². The van der Waals surface area contributed by atoms with Crippen molar-refractivity contribution in [1.29, 1.82) is 5.26 Å². The zero-order valence-electron chi connectivity index (χ0n) is 19.4. The van der Waals surface area contributed by atoms with Crippen molar-refractivity contribution in [3.8, 4) is 23.3 Å². The minimum absolute atomic E-state index is 0.00694. The largest absolute Gasteiger partial charge is 0.486 e. The van der Waals surface area contributed by atoms with E-state index in [9.17, 15) is 4.79 Å². The molecule has 4 aromatic rings. The average molecular weight is 660 g/mol. The van der Waals surface area contributed by atoms with Gasteiger partial charge in [-0.15, -0.1) is 0 Å². The van der Waals surface area contributed by atoms with Crippen molar-refractivity contribution >= 4 is 61.0 Å². The molecule has 0 spiro atoms. The Kier molecular flexibility index (Phi) is 9.02. The molecule has 0 aliphatic rings. The van der Waals surface area contributed by atoms with E-state index in [0.717, 1.165) is 13.8 Å². The Morgan fingerprint density at radius 1 is 0.974 bits per heavy atom. The average Bonchev–Trinajstić information content (AvgIpc) is 2.91. The number of nitrogens with two attached hydrogens (primary N) is 1. The second-order valence-corrected chi connectivity index (χ2v) is 9.81. The molecule has 3 aromatic carbocycles. The highest BCUT2D eigenvalue weighted by atomic mass is 79.9. The molecule has 0 bridgehead atoms. The first-order valence-electron chi connectivity index (χ1n) is 10.9. The van der Waals surface area contributed by atoms with Gasteiger partial charge in [-0.05, 0) is 66.7 Å². The highest BCUT2D eigenvalue weighted by Crippen LogP contribution is 2.36. The van der Waals surface area contributed by atoms with Crippen molar-refractivity contribution in [1.82, 2.24) is 9.97 Å². The Balaban J connectivity index is 1.66. The number of hydrogen-bond acceptors (Lipinski definition) is 7. The molecule has 0 aliphatic carbocycles. The molecular weight excluding hydrogens is 642 g/mol. The van der Waals surface area contributed by atoms with Gasteiger partial charge in [-0.1, -0.05) is 43.5 Å². The number of anilines is 2. The smallest absolute Gasteiger partial charge is 0.325 e. The van der Waals surface area contributed by atoms with Gasteiger partial charge in [-0.25, -0.2) is 19.7 Å². The normalized spacial score (nSPS) is 11.2. The van der Waals surface area contributed by atoms with Crippen LogP contribution in [0, 0.1) is 11.3 Å². The molecule has 12 heteroatoms. The number of ether oxygens (including phenoxy) is 3. The zero-order chi connectivity index (χ0) is 27.1. The fourth-order valence-corrected chi connectivity index (χ4v) is 3.90. The van der Waals surface area contributed by atoms with Crippen LogP contribution in [0.15, 0.2) is 88.1 Å². The SMILES string of the molecule is N#Cc1cnc(N(C(N)=O)c2cc(Cl)ccc2OC(COc2ccc(Br)cc2)Oc2ccc(Br)cc2)cn1. The molecule has 0 fully saturated rings. The number of halogens is 3. The fourth-order valence-electron chi connectivity index (χ4n) is 3.21. The number of carbonyl (C=O) groups excluding carboxylic acids is 1. The van der Waals surface area contributed by atoms with E-state index in [1.807, 2.05) is 30.3 Å². The first-order valence-corrected chi connectivity index (χ1v) is 12.9. The quantitative estimate of drug-likeness (QED) is 0.201. The van der Waals surface area contributed by atoms with Gasteiger partial charge >= 0.3 is 6.03 Å². The second kappa shape index (κ2) is 12.6. The lowest BCUT2D eigenvalue weighted by Gasteiger charge is -2.26. The summed E-state index contributed by atoms with van der Waals surface area (Å²) in [4.78, 5) is 21.7. The van der Waals surface area contributed by atoms with Crippen LogP contribution in [0.2, 0.25) is 5.02 Å². The van der Waals surface area contributed by atoms with Crippen LogP contribution in [0.3, 0.4) is 0 Å². The molecular formula is C26H18Br2ClN5O4. The third-order valence-electron chi connectivity index (χ3n) is 4.90. The minimum atomic E-state index is -0.957. The van der Waals surface area contributed by atoms with Crippen LogP contribution < -0.4 is 24.8 Å². The highest BCUT2D eigenvalue weighted by Gasteiger charge is 2.24. The fraction of sp³-hybridized carbons (Fsp3) is 0.0769. The van der Waals surface area contributed by atoms with Gasteiger partial charge < -0.3 is 19.9 Å². The van der Waals surface area contributed by atoms with Crippen molar-refractivity contribution in [2.24, 2.45) is 5.73 Å². The molecule has 0 radical (unpaired) electrons. The van der Waals surface area contributed by atoms with E-state index in [1.54, 1.807) is 36.4 Å². The third kappa shape index (κ3) is 7.13. The predicted molar refractivity (Wildman–Crippen MR) is 149 cm³/mol. The maximum absolute atomic E-state index is 12.5. The summed E-state index contributed by atoms with van der Waals surface area (Å²) in [5, 5.41) is 9.35. The van der Waals surface area contributed by atoms with Crippen molar-refractivity contribution in [2.75, 3.05) is 11.5 Å². The summed E-state index contributed by atoms with van der Waals surface area (Å²) in [6.07, 6.45) is 1.52. The number of carbonyl (C=O) groups is 1. The number of benzene rings is 3. The number of nitriles is 1. The van der Waals surface area contributed by atoms with Crippen molar-refractivity contribution in [3.05, 3.63) is 98.8 Å². The van der Waals surface area contributed by atoms with Crippen LogP contribution in [-0.2, 0) is 0 Å². The number of hydrogen-bond donors (Lipinski definition) is 1. The number of amides is 2. The Hall–Kier alpha value is -3.85. The van der Waals surface area contributed by atoms with E-state index in [1.165, 1.54) is 18.5 Å². The summed E-state index contributed by atoms with van der Waals surface area (Å²) in [6, 6.07) is 20.2. The van der Waals surface area contributed by atoms with Gasteiger partial charge in [0.15, 0.2) is 18.1 Å². The van der Waals surface area contributed by atoms with Crippen LogP contribution in [0.25, 0.3) is 0 Å². The minimum Gasteiger partial charge on any atom is -0.486 e. The molecule has 1 atom stereocenters. The number of primary amides is 1. The van der Waals surface area contributed by atoms with Crippen molar-refractivity contribution in [3.63, 3.8) is 0 Å². The molecule has 38 heavy (non-hydrogen) atoms. The highest BCUT2D eigenvalue weighted by molar-refractivity contribution is 9.10. The van der Waals surface area contributed by atoms with Gasteiger partial charge in [0.1, 0.15) is 23.3 Å². The summed E-state index contributed by atoms with van der Waals surface area (Å²) >= 11 is 13.1. The maximum atomic E-state index is 12.5. The summed E-state index contributed by atoms with van der Waals surface area (Å²) in [6.45, 7) is -0.00694. The molecule has 192 valence electrons. The molecule has 0 saturated carbocycles. The van der Waals surface area contributed by atoms with E-state index in [4.69, 9.17) is 36.8 Å². The Morgan fingerprint density at radius 2 is 1.63 bits per heavy atom. The maximum Gasteiger partial charge on any atom is 0.325 e. The van der Waals surface area contributed by atoms with Gasteiger partial charge in [0.25, 0.3) is 6.29 Å². The van der Waals surface area contributed by atoms with Gasteiger partial charge in [0.2, 0.25) is 0 Å². The number of rotatable bonds is 9. The number of aromatic nitrogens is 2. The third-order valence-corrected chi connectivity index (χ3v) is 6.20. The van der Waals surface area contributed by atoms with Crippen LogP contribution in [0.1, 0.15) is 5.69 Å². The lowest BCUT2D eigenvalue weighted by Crippen LogP contribution is -2.35. The first kappa shape index (κ1) is 27.2. The number of urea groups is 1. The van der Waals surface area contributed by atoms with Gasteiger partial charge in [-0.2, -0.15) is 5.26 Å². The summed E-state index contributed by atoms with van der Waals surface area (Å²) in [7, 11) is 0. The molecule has 1 unspecified atom stereocenters. The molecule has 4 rings (SSSR count). The molecule has 0 aliphatic heterocycles. The number of nitrogens with zero attached hydrogens (tertiary/aromatic N) is 4. The van der Waals surface area contributed by atoms with Crippen LogP contribution >= 0.6 is 43.5 Å².